The highest BCUT2D eigenvalue weighted by atomic mass is 32.2. The Morgan fingerprint density at radius 2 is 2.05 bits per heavy atom. The summed E-state index contributed by atoms with van der Waals surface area (Å²) < 4.78 is 33.6. The van der Waals surface area contributed by atoms with Crippen LogP contribution in [-0.4, -0.2) is 15.0 Å². The minimum absolute atomic E-state index is 0.237. The van der Waals surface area contributed by atoms with Gasteiger partial charge in [-0.1, -0.05) is 18.2 Å². The molecule has 4 nitrogen and oxygen atoms in total. The second-order valence-electron chi connectivity index (χ2n) is 5.13. The summed E-state index contributed by atoms with van der Waals surface area (Å²) >= 11 is 1.50. The smallest absolute Gasteiger partial charge is 0.242 e. The summed E-state index contributed by atoms with van der Waals surface area (Å²) in [4.78, 5) is 2.20. The fraction of sp³-hybridized carbons (Fsp3) is 0.333. The van der Waals surface area contributed by atoms with E-state index in [0.717, 1.165) is 21.1 Å². The molecule has 0 saturated carbocycles. The van der Waals surface area contributed by atoms with Crippen LogP contribution in [0.5, 0.6) is 5.75 Å². The maximum absolute atomic E-state index is 12.6. The van der Waals surface area contributed by atoms with Crippen molar-refractivity contribution in [2.24, 2.45) is 0 Å². The molecule has 0 radical (unpaired) electrons. The van der Waals surface area contributed by atoms with E-state index in [2.05, 4.69) is 4.72 Å². The van der Waals surface area contributed by atoms with Crippen molar-refractivity contribution in [3.05, 3.63) is 45.6 Å². The van der Waals surface area contributed by atoms with Gasteiger partial charge in [0.05, 0.1) is 17.5 Å². The van der Waals surface area contributed by atoms with Crippen LogP contribution in [0.3, 0.4) is 0 Å². The molecule has 1 atom stereocenters. The molecule has 2 aromatic rings. The van der Waals surface area contributed by atoms with Gasteiger partial charge in [-0.05, 0) is 26.0 Å². The third-order valence-electron chi connectivity index (χ3n) is 3.54. The Balaban J connectivity index is 1.92. The van der Waals surface area contributed by atoms with E-state index in [9.17, 15) is 8.42 Å². The fourth-order valence-corrected chi connectivity index (χ4v) is 5.39. The number of thiophene rings is 1. The lowest BCUT2D eigenvalue weighted by molar-refractivity contribution is 0.263. The Morgan fingerprint density at radius 1 is 1.29 bits per heavy atom. The molecule has 21 heavy (non-hydrogen) atoms. The van der Waals surface area contributed by atoms with Crippen LogP contribution >= 0.6 is 11.3 Å². The zero-order valence-corrected chi connectivity index (χ0v) is 13.6. The van der Waals surface area contributed by atoms with E-state index in [1.165, 1.54) is 11.3 Å². The van der Waals surface area contributed by atoms with Crippen LogP contribution in [0.15, 0.2) is 35.2 Å². The summed E-state index contributed by atoms with van der Waals surface area (Å²) in [6.07, 6.45) is 0.637. The Hall–Kier alpha value is -1.37. The Morgan fingerprint density at radius 3 is 2.76 bits per heavy atom. The van der Waals surface area contributed by atoms with E-state index < -0.39 is 10.0 Å². The van der Waals surface area contributed by atoms with Gasteiger partial charge in [0.25, 0.3) is 0 Å². The van der Waals surface area contributed by atoms with Crippen molar-refractivity contribution in [1.82, 2.24) is 4.72 Å². The zero-order valence-electron chi connectivity index (χ0n) is 11.9. The van der Waals surface area contributed by atoms with Crippen LogP contribution in [0.4, 0.5) is 0 Å². The SMILES string of the molecule is Cc1cc(S(=O)(=O)N[C@H]2CCOc3ccccc32)c(C)s1. The maximum Gasteiger partial charge on any atom is 0.242 e. The lowest BCUT2D eigenvalue weighted by atomic mass is 10.0. The molecule has 1 aliphatic rings. The topological polar surface area (TPSA) is 55.4 Å². The molecule has 0 unspecified atom stereocenters. The fourth-order valence-electron chi connectivity index (χ4n) is 2.59. The number of nitrogens with one attached hydrogen (secondary N) is 1. The first-order chi connectivity index (χ1) is 9.97. The van der Waals surface area contributed by atoms with Gasteiger partial charge in [0, 0.05) is 21.7 Å². The molecule has 0 amide bonds. The highest BCUT2D eigenvalue weighted by Crippen LogP contribution is 2.33. The first-order valence-electron chi connectivity index (χ1n) is 6.78. The van der Waals surface area contributed by atoms with Gasteiger partial charge < -0.3 is 4.74 Å². The number of benzene rings is 1. The third kappa shape index (κ3) is 2.84. The molecule has 0 saturated heterocycles. The lowest BCUT2D eigenvalue weighted by Gasteiger charge is -2.26. The summed E-state index contributed by atoms with van der Waals surface area (Å²) in [5, 5.41) is 0. The summed E-state index contributed by atoms with van der Waals surface area (Å²) in [6.45, 7) is 4.27. The summed E-state index contributed by atoms with van der Waals surface area (Å²) in [5.41, 5.74) is 0.900. The molecule has 2 heterocycles. The van der Waals surface area contributed by atoms with E-state index in [1.807, 2.05) is 38.1 Å². The van der Waals surface area contributed by atoms with Gasteiger partial charge in [-0.25, -0.2) is 13.1 Å². The van der Waals surface area contributed by atoms with Gasteiger partial charge in [-0.2, -0.15) is 0 Å². The molecule has 112 valence electrons. The number of hydrogen-bond donors (Lipinski definition) is 1. The minimum Gasteiger partial charge on any atom is -0.493 e. The third-order valence-corrected chi connectivity index (χ3v) is 6.23. The average molecular weight is 323 g/mol. The first-order valence-corrected chi connectivity index (χ1v) is 9.08. The molecular formula is C15H17NO3S2. The molecule has 3 rings (SSSR count). The van der Waals surface area contributed by atoms with Crippen molar-refractivity contribution in [3.8, 4) is 5.75 Å². The van der Waals surface area contributed by atoms with Gasteiger partial charge in [0.2, 0.25) is 10.0 Å². The van der Waals surface area contributed by atoms with Crippen LogP contribution in [0, 0.1) is 13.8 Å². The molecule has 1 aliphatic heterocycles. The summed E-state index contributed by atoms with van der Waals surface area (Å²) in [6, 6.07) is 9.06. The van der Waals surface area contributed by atoms with E-state index in [-0.39, 0.29) is 6.04 Å². The number of para-hydroxylation sites is 1. The summed E-state index contributed by atoms with van der Waals surface area (Å²) in [5.74, 6) is 0.759. The standard InChI is InChI=1S/C15H17NO3S2/c1-10-9-15(11(2)20-10)21(17,18)16-13-7-8-19-14-6-4-3-5-12(13)14/h3-6,9,13,16H,7-8H2,1-2H3/t13-/m0/s1. The Labute approximate surface area is 128 Å². The quantitative estimate of drug-likeness (QED) is 0.944. The number of rotatable bonds is 3. The number of ether oxygens (including phenoxy) is 1. The number of sulfonamides is 1. The zero-order chi connectivity index (χ0) is 15.0. The van der Waals surface area contributed by atoms with E-state index in [0.29, 0.717) is 17.9 Å². The normalized spacial score (nSPS) is 18.1. The van der Waals surface area contributed by atoms with Crippen molar-refractivity contribution in [2.75, 3.05) is 6.61 Å². The van der Waals surface area contributed by atoms with Gasteiger partial charge in [0.15, 0.2) is 0 Å². The van der Waals surface area contributed by atoms with Crippen LogP contribution in [-0.2, 0) is 10.0 Å². The van der Waals surface area contributed by atoms with Gasteiger partial charge >= 0.3 is 0 Å². The Kier molecular flexibility index (Phi) is 3.77. The second kappa shape index (κ2) is 5.44. The minimum atomic E-state index is -3.51. The monoisotopic (exact) mass is 323 g/mol. The van der Waals surface area contributed by atoms with Crippen molar-refractivity contribution < 1.29 is 13.2 Å². The van der Waals surface area contributed by atoms with Gasteiger partial charge in [-0.15, -0.1) is 11.3 Å². The average Bonchev–Trinajstić information content (AvgIpc) is 2.79. The van der Waals surface area contributed by atoms with Crippen molar-refractivity contribution in [2.45, 2.75) is 31.2 Å². The highest BCUT2D eigenvalue weighted by Gasteiger charge is 2.28. The maximum atomic E-state index is 12.6. The molecule has 6 heteroatoms. The molecule has 0 aliphatic carbocycles. The van der Waals surface area contributed by atoms with Gasteiger partial charge in [0.1, 0.15) is 5.75 Å². The molecule has 1 N–H and O–H groups in total. The van der Waals surface area contributed by atoms with Crippen molar-refractivity contribution >= 4 is 21.4 Å². The number of fused-ring (bicyclic) bond motifs is 1. The first kappa shape index (κ1) is 14.6. The number of hydrogen-bond acceptors (Lipinski definition) is 4. The summed E-state index contributed by atoms with van der Waals surface area (Å²) in [7, 11) is -3.51. The lowest BCUT2D eigenvalue weighted by Crippen LogP contribution is -2.32. The van der Waals surface area contributed by atoms with E-state index in [4.69, 9.17) is 4.74 Å². The molecule has 1 aromatic heterocycles. The van der Waals surface area contributed by atoms with Crippen LogP contribution in [0.2, 0.25) is 0 Å². The molecule has 0 bridgehead atoms. The number of aryl methyl sites for hydroxylation is 2. The van der Waals surface area contributed by atoms with Gasteiger partial charge in [-0.3, -0.25) is 0 Å². The predicted molar refractivity (Wildman–Crippen MR) is 83.4 cm³/mol. The van der Waals surface area contributed by atoms with E-state index in [1.54, 1.807) is 6.07 Å². The second-order valence-corrected chi connectivity index (χ2v) is 8.27. The molecule has 0 fully saturated rings. The Bertz CT molecular complexity index is 765. The molecular weight excluding hydrogens is 306 g/mol. The van der Waals surface area contributed by atoms with E-state index >= 15 is 0 Å². The van der Waals surface area contributed by atoms with Crippen LogP contribution in [0.25, 0.3) is 0 Å². The van der Waals surface area contributed by atoms with Crippen molar-refractivity contribution in [1.29, 1.82) is 0 Å². The van der Waals surface area contributed by atoms with Crippen LogP contribution in [0.1, 0.15) is 27.8 Å². The van der Waals surface area contributed by atoms with Crippen LogP contribution < -0.4 is 9.46 Å². The molecule has 0 spiro atoms. The highest BCUT2D eigenvalue weighted by molar-refractivity contribution is 7.89. The predicted octanol–water partition coefficient (Wildman–Crippen LogP) is 3.17. The molecule has 1 aromatic carbocycles. The van der Waals surface area contributed by atoms with Crippen molar-refractivity contribution in [3.63, 3.8) is 0 Å². The largest absolute Gasteiger partial charge is 0.493 e.